The molecule has 0 unspecified atom stereocenters. The van der Waals surface area contributed by atoms with Gasteiger partial charge in [-0.3, -0.25) is 9.98 Å². The molecule has 3 aromatic rings. The van der Waals surface area contributed by atoms with Gasteiger partial charge in [0.1, 0.15) is 11.5 Å². The first-order chi connectivity index (χ1) is 16.0. The first-order valence-corrected chi connectivity index (χ1v) is 10.1. The second kappa shape index (κ2) is 15.8. The molecule has 0 aliphatic rings. The average molecular weight is 521 g/mol. The maximum Gasteiger partial charge on any atom is 2.00 e. The van der Waals surface area contributed by atoms with Gasteiger partial charge < -0.3 is 30.0 Å². The summed E-state index contributed by atoms with van der Waals surface area (Å²) < 4.78 is 0. The predicted molar refractivity (Wildman–Crippen MR) is 128 cm³/mol. The first-order valence-electron chi connectivity index (χ1n) is 10.1. The minimum atomic E-state index is -1.08. The zero-order valence-corrected chi connectivity index (χ0v) is 20.7. The molecule has 0 heterocycles. The Hall–Kier alpha value is -3.95. The van der Waals surface area contributed by atoms with Crippen LogP contribution in [-0.2, 0) is 26.4 Å². The van der Waals surface area contributed by atoms with E-state index in [0.29, 0.717) is 22.5 Å². The summed E-state index contributed by atoms with van der Waals surface area (Å²) in [5.41, 5.74) is 4.75. The second-order valence-electron chi connectivity index (χ2n) is 7.11. The number of carbonyl (C=O) groups is 2. The van der Waals surface area contributed by atoms with Crippen molar-refractivity contribution in [2.45, 2.75) is 27.7 Å². The van der Waals surface area contributed by atoms with Crippen molar-refractivity contribution in [3.05, 3.63) is 82.9 Å². The van der Waals surface area contributed by atoms with Crippen molar-refractivity contribution >= 4 is 35.7 Å². The molecule has 0 aliphatic heterocycles. The molecule has 2 N–H and O–H groups in total. The first kappa shape index (κ1) is 31.0. The SMILES string of the molecule is CC(=O)[O-].CC(=O)[O-].Cc1ccc(O)c(C=Nc2ccccc2N=Cc2cc(C)ccc2O)c1.[Co+2]. The van der Waals surface area contributed by atoms with Crippen LogP contribution in [0.25, 0.3) is 0 Å². The van der Waals surface area contributed by atoms with E-state index >= 15 is 0 Å². The van der Waals surface area contributed by atoms with Gasteiger partial charge in [0.05, 0.1) is 11.4 Å². The van der Waals surface area contributed by atoms with Crippen molar-refractivity contribution in [1.82, 2.24) is 0 Å². The van der Waals surface area contributed by atoms with Crippen LogP contribution in [0.5, 0.6) is 11.5 Å². The molecule has 0 bridgehead atoms. The quantitative estimate of drug-likeness (QED) is 0.505. The molecule has 0 saturated carbocycles. The van der Waals surface area contributed by atoms with Crippen molar-refractivity contribution in [1.29, 1.82) is 0 Å². The van der Waals surface area contributed by atoms with Gasteiger partial charge in [-0.25, -0.2) is 0 Å². The molecular weight excluding hydrogens is 495 g/mol. The van der Waals surface area contributed by atoms with Gasteiger partial charge in [-0.05, 0) is 64.1 Å². The Morgan fingerprint density at radius 3 is 1.34 bits per heavy atom. The fraction of sp³-hybridized carbons (Fsp3) is 0.154. The van der Waals surface area contributed by atoms with Gasteiger partial charge in [0.15, 0.2) is 0 Å². The number of hydrogen-bond acceptors (Lipinski definition) is 8. The number of phenols is 2. The Labute approximate surface area is 214 Å². The van der Waals surface area contributed by atoms with Crippen LogP contribution in [0.2, 0.25) is 0 Å². The van der Waals surface area contributed by atoms with Crippen molar-refractivity contribution in [2.75, 3.05) is 0 Å². The molecule has 0 aromatic heterocycles. The number of aliphatic carboxylic acids is 2. The summed E-state index contributed by atoms with van der Waals surface area (Å²) in [6, 6.07) is 18.2. The van der Waals surface area contributed by atoms with Crippen LogP contribution in [0, 0.1) is 13.8 Å². The fourth-order valence-electron chi connectivity index (χ4n) is 2.52. The van der Waals surface area contributed by atoms with Crippen LogP contribution in [0.15, 0.2) is 70.6 Å². The Bertz CT molecular complexity index is 1090. The topological polar surface area (TPSA) is 145 Å². The molecule has 185 valence electrons. The summed E-state index contributed by atoms with van der Waals surface area (Å²) in [5, 5.41) is 37.7. The van der Waals surface area contributed by atoms with Crippen LogP contribution in [-0.4, -0.2) is 34.6 Å². The molecule has 3 aromatic carbocycles. The normalized spacial score (nSPS) is 9.94. The summed E-state index contributed by atoms with van der Waals surface area (Å²) in [6.07, 6.45) is 3.25. The monoisotopic (exact) mass is 521 g/mol. The Morgan fingerprint density at radius 2 is 1.03 bits per heavy atom. The van der Waals surface area contributed by atoms with Crippen molar-refractivity contribution < 1.29 is 46.8 Å². The third-order valence-electron chi connectivity index (χ3n) is 3.93. The van der Waals surface area contributed by atoms with Gasteiger partial charge in [-0.15, -0.1) is 0 Å². The third kappa shape index (κ3) is 12.8. The van der Waals surface area contributed by atoms with E-state index in [1.165, 1.54) is 0 Å². The molecule has 9 heteroatoms. The summed E-state index contributed by atoms with van der Waals surface area (Å²) in [4.78, 5) is 26.7. The van der Waals surface area contributed by atoms with Gasteiger partial charge in [-0.1, -0.05) is 35.4 Å². The smallest absolute Gasteiger partial charge is 0.550 e. The van der Waals surface area contributed by atoms with E-state index in [1.54, 1.807) is 24.6 Å². The molecule has 0 aliphatic carbocycles. The van der Waals surface area contributed by atoms with Gasteiger partial charge in [0, 0.05) is 35.5 Å². The fourth-order valence-corrected chi connectivity index (χ4v) is 2.52. The van der Waals surface area contributed by atoms with Gasteiger partial charge >= 0.3 is 16.8 Å². The van der Waals surface area contributed by atoms with Gasteiger partial charge in [0.25, 0.3) is 0 Å². The summed E-state index contributed by atoms with van der Waals surface area (Å²) in [5.74, 6) is -1.80. The predicted octanol–water partition coefficient (Wildman–Crippen LogP) is 2.73. The van der Waals surface area contributed by atoms with E-state index in [1.807, 2.05) is 62.4 Å². The molecule has 0 spiro atoms. The molecule has 1 radical (unpaired) electrons. The number of benzene rings is 3. The van der Waals surface area contributed by atoms with Crippen molar-refractivity contribution in [3.8, 4) is 11.5 Å². The van der Waals surface area contributed by atoms with E-state index < -0.39 is 11.9 Å². The number of phenolic OH excluding ortho intramolecular Hbond substituents is 2. The summed E-state index contributed by atoms with van der Waals surface area (Å²) in [7, 11) is 0. The average Bonchev–Trinajstić information content (AvgIpc) is 2.75. The molecule has 0 amide bonds. The number of hydrogen-bond donors (Lipinski definition) is 2. The number of carboxylic acid groups (broad SMARTS) is 2. The van der Waals surface area contributed by atoms with Gasteiger partial charge in [-0.2, -0.15) is 0 Å². The number of nitrogens with zero attached hydrogens (tertiary/aromatic N) is 2. The van der Waals surface area contributed by atoms with E-state index in [2.05, 4.69) is 9.98 Å². The number of aliphatic imine (C=N–C) groups is 2. The molecule has 3 rings (SSSR count). The van der Waals surface area contributed by atoms with Crippen molar-refractivity contribution in [3.63, 3.8) is 0 Å². The Balaban J connectivity index is 0.00000112. The summed E-state index contributed by atoms with van der Waals surface area (Å²) >= 11 is 0. The Kier molecular flexibility index (Phi) is 14.0. The minimum Gasteiger partial charge on any atom is -0.550 e. The molecule has 0 atom stereocenters. The van der Waals surface area contributed by atoms with E-state index in [-0.39, 0.29) is 28.3 Å². The molecule has 0 fully saturated rings. The van der Waals surface area contributed by atoms with Crippen LogP contribution in [0.3, 0.4) is 0 Å². The van der Waals surface area contributed by atoms with Crippen LogP contribution >= 0.6 is 0 Å². The number of aromatic hydroxyl groups is 2. The standard InChI is InChI=1S/C22H20N2O2.2C2H4O2.Co/c1-15-7-9-21(25)17(11-15)13-23-19-5-3-4-6-20(19)24-14-18-12-16(2)8-10-22(18)26;2*1-2(3)4;/h3-14,25-26H,1-2H3;2*1H3,(H,3,4);/q;;;+2/p-2. The zero-order valence-electron chi connectivity index (χ0n) is 19.7. The molecular formula is C26H26CoN2O6. The van der Waals surface area contributed by atoms with E-state index in [9.17, 15) is 10.2 Å². The third-order valence-corrected chi connectivity index (χ3v) is 3.93. The largest absolute Gasteiger partial charge is 2.00 e. The van der Waals surface area contributed by atoms with E-state index in [0.717, 1.165) is 25.0 Å². The summed E-state index contributed by atoms with van der Waals surface area (Å²) in [6.45, 7) is 5.87. The second-order valence-corrected chi connectivity index (χ2v) is 7.11. The number of rotatable bonds is 4. The van der Waals surface area contributed by atoms with E-state index in [4.69, 9.17) is 19.8 Å². The minimum absolute atomic E-state index is 0. The van der Waals surface area contributed by atoms with Crippen LogP contribution < -0.4 is 10.2 Å². The number of carboxylic acids is 2. The van der Waals surface area contributed by atoms with Crippen molar-refractivity contribution in [2.24, 2.45) is 9.98 Å². The van der Waals surface area contributed by atoms with Crippen LogP contribution in [0.1, 0.15) is 36.1 Å². The maximum atomic E-state index is 9.94. The molecule has 0 saturated heterocycles. The number of aryl methyl sites for hydroxylation is 2. The zero-order chi connectivity index (χ0) is 25.7. The number of carbonyl (C=O) groups excluding carboxylic acids is 2. The van der Waals surface area contributed by atoms with Gasteiger partial charge in [0.2, 0.25) is 0 Å². The Morgan fingerprint density at radius 1 is 0.714 bits per heavy atom. The molecule has 8 nitrogen and oxygen atoms in total. The maximum absolute atomic E-state index is 9.94. The number of para-hydroxylation sites is 2. The molecule has 35 heavy (non-hydrogen) atoms. The van der Waals surface area contributed by atoms with Crippen LogP contribution in [0.4, 0.5) is 11.4 Å².